The minimum Gasteiger partial charge on any atom is -0.398 e. The van der Waals surface area contributed by atoms with Crippen LogP contribution in [0, 0.1) is 5.92 Å². The largest absolute Gasteiger partial charge is 0.398 e. The summed E-state index contributed by atoms with van der Waals surface area (Å²) in [5, 5.41) is 19.8. The Labute approximate surface area is 108 Å². The van der Waals surface area contributed by atoms with Crippen molar-refractivity contribution >= 4 is 5.69 Å². The highest BCUT2D eigenvalue weighted by Gasteiger charge is 2.27. The molecule has 18 heavy (non-hydrogen) atoms. The third-order valence-corrected chi connectivity index (χ3v) is 3.78. The topological polar surface area (TPSA) is 69.7 Å². The van der Waals surface area contributed by atoms with Crippen LogP contribution in [-0.2, 0) is 0 Å². The van der Waals surface area contributed by atoms with E-state index in [9.17, 15) is 10.2 Å². The van der Waals surface area contributed by atoms with Gasteiger partial charge in [-0.1, -0.05) is 18.2 Å². The second-order valence-electron chi connectivity index (χ2n) is 5.19. The van der Waals surface area contributed by atoms with Crippen molar-refractivity contribution in [3.8, 4) is 0 Å². The summed E-state index contributed by atoms with van der Waals surface area (Å²) in [5.41, 5.74) is 7.28. The first kappa shape index (κ1) is 13.3. The molecule has 4 heteroatoms. The Morgan fingerprint density at radius 3 is 2.72 bits per heavy atom. The Hall–Kier alpha value is -1.10. The molecule has 1 fully saturated rings. The predicted octanol–water partition coefficient (Wildman–Crippen LogP) is 1.00. The second-order valence-corrected chi connectivity index (χ2v) is 5.19. The molecule has 0 spiro atoms. The van der Waals surface area contributed by atoms with Gasteiger partial charge in [0.25, 0.3) is 0 Å². The molecule has 1 heterocycles. The average Bonchev–Trinajstić information content (AvgIpc) is 2.78. The van der Waals surface area contributed by atoms with Crippen LogP contribution in [0.5, 0.6) is 0 Å². The lowest BCUT2D eigenvalue weighted by Gasteiger charge is -2.21. The van der Waals surface area contributed by atoms with Crippen molar-refractivity contribution in [2.24, 2.45) is 5.92 Å². The molecule has 0 bridgehead atoms. The van der Waals surface area contributed by atoms with Crippen molar-refractivity contribution in [2.45, 2.75) is 25.6 Å². The van der Waals surface area contributed by atoms with E-state index in [1.54, 1.807) is 6.07 Å². The first-order chi connectivity index (χ1) is 8.58. The Balaban J connectivity index is 1.93. The summed E-state index contributed by atoms with van der Waals surface area (Å²) < 4.78 is 0. The van der Waals surface area contributed by atoms with Gasteiger partial charge in [-0.05, 0) is 31.9 Å². The molecule has 1 aliphatic heterocycles. The Morgan fingerprint density at radius 2 is 2.11 bits per heavy atom. The standard InChI is InChI=1S/C14H22N2O2/c1-10(17)11-6-7-16(8-11)9-14(18)12-4-2-3-5-13(12)15/h2-5,10-11,14,17-18H,6-9,15H2,1H3. The van der Waals surface area contributed by atoms with E-state index < -0.39 is 6.10 Å². The monoisotopic (exact) mass is 250 g/mol. The van der Waals surface area contributed by atoms with E-state index in [0.29, 0.717) is 18.2 Å². The first-order valence-electron chi connectivity index (χ1n) is 6.51. The predicted molar refractivity (Wildman–Crippen MR) is 72.0 cm³/mol. The third-order valence-electron chi connectivity index (χ3n) is 3.78. The van der Waals surface area contributed by atoms with E-state index in [-0.39, 0.29) is 6.10 Å². The number of aliphatic hydroxyl groups is 2. The van der Waals surface area contributed by atoms with E-state index in [4.69, 9.17) is 5.73 Å². The van der Waals surface area contributed by atoms with Crippen molar-refractivity contribution in [2.75, 3.05) is 25.4 Å². The maximum absolute atomic E-state index is 10.2. The number of nitrogens with two attached hydrogens (primary N) is 1. The summed E-state index contributed by atoms with van der Waals surface area (Å²) in [5.74, 6) is 0.324. The fourth-order valence-corrected chi connectivity index (χ4v) is 2.58. The lowest BCUT2D eigenvalue weighted by Crippen LogP contribution is -2.28. The molecule has 1 aliphatic rings. The van der Waals surface area contributed by atoms with Gasteiger partial charge in [-0.3, -0.25) is 0 Å². The molecule has 1 aromatic carbocycles. The molecule has 4 N–H and O–H groups in total. The molecule has 2 rings (SSSR count). The average molecular weight is 250 g/mol. The summed E-state index contributed by atoms with van der Waals surface area (Å²) in [7, 11) is 0. The molecule has 1 saturated heterocycles. The Kier molecular flexibility index (Phi) is 4.22. The normalized spacial score (nSPS) is 24.1. The highest BCUT2D eigenvalue weighted by molar-refractivity contribution is 5.47. The van der Waals surface area contributed by atoms with E-state index in [1.165, 1.54) is 0 Å². The zero-order chi connectivity index (χ0) is 13.1. The fraction of sp³-hybridized carbons (Fsp3) is 0.571. The number of rotatable bonds is 4. The third kappa shape index (κ3) is 3.02. The second kappa shape index (κ2) is 5.69. The number of β-amino-alcohol motifs (C(OH)–C–C–N with tert-alkyl or cyclic N) is 1. The summed E-state index contributed by atoms with van der Waals surface area (Å²) in [6.07, 6.45) is 0.169. The quantitative estimate of drug-likeness (QED) is 0.697. The van der Waals surface area contributed by atoms with Gasteiger partial charge in [-0.2, -0.15) is 0 Å². The zero-order valence-corrected chi connectivity index (χ0v) is 10.8. The van der Waals surface area contributed by atoms with Crippen LogP contribution in [0.2, 0.25) is 0 Å². The highest BCUT2D eigenvalue weighted by Crippen LogP contribution is 2.25. The van der Waals surface area contributed by atoms with E-state index >= 15 is 0 Å². The van der Waals surface area contributed by atoms with Gasteiger partial charge in [-0.15, -0.1) is 0 Å². The smallest absolute Gasteiger partial charge is 0.0936 e. The first-order valence-corrected chi connectivity index (χ1v) is 6.51. The molecule has 0 aromatic heterocycles. The molecular weight excluding hydrogens is 228 g/mol. The number of aliphatic hydroxyl groups excluding tert-OH is 2. The molecular formula is C14H22N2O2. The molecule has 3 unspecified atom stereocenters. The van der Waals surface area contributed by atoms with Crippen LogP contribution in [0.1, 0.15) is 25.0 Å². The van der Waals surface area contributed by atoms with Crippen LogP contribution in [0.3, 0.4) is 0 Å². The lowest BCUT2D eigenvalue weighted by molar-refractivity contribution is 0.105. The van der Waals surface area contributed by atoms with Gasteiger partial charge in [0.05, 0.1) is 12.2 Å². The molecule has 0 aliphatic carbocycles. The Bertz CT molecular complexity index is 395. The van der Waals surface area contributed by atoms with Crippen molar-refractivity contribution < 1.29 is 10.2 Å². The van der Waals surface area contributed by atoms with Gasteiger partial charge < -0.3 is 20.8 Å². The summed E-state index contributed by atoms with van der Waals surface area (Å²) in [4.78, 5) is 2.19. The van der Waals surface area contributed by atoms with E-state index in [1.807, 2.05) is 25.1 Å². The fourth-order valence-electron chi connectivity index (χ4n) is 2.58. The van der Waals surface area contributed by atoms with Crippen LogP contribution in [-0.4, -0.2) is 40.9 Å². The lowest BCUT2D eigenvalue weighted by atomic mass is 10.0. The maximum Gasteiger partial charge on any atom is 0.0936 e. The molecule has 100 valence electrons. The molecule has 0 amide bonds. The van der Waals surface area contributed by atoms with Crippen molar-refractivity contribution in [1.82, 2.24) is 4.90 Å². The van der Waals surface area contributed by atoms with Crippen LogP contribution < -0.4 is 5.73 Å². The van der Waals surface area contributed by atoms with Gasteiger partial charge in [-0.25, -0.2) is 0 Å². The van der Waals surface area contributed by atoms with Gasteiger partial charge in [0.1, 0.15) is 0 Å². The summed E-state index contributed by atoms with van der Waals surface area (Å²) >= 11 is 0. The van der Waals surface area contributed by atoms with Gasteiger partial charge in [0.15, 0.2) is 0 Å². The molecule has 3 atom stereocenters. The number of nitrogen functional groups attached to an aromatic ring is 1. The van der Waals surface area contributed by atoms with Crippen molar-refractivity contribution in [1.29, 1.82) is 0 Å². The molecule has 1 aromatic rings. The zero-order valence-electron chi connectivity index (χ0n) is 10.8. The maximum atomic E-state index is 10.2. The van der Waals surface area contributed by atoms with E-state index in [2.05, 4.69) is 4.90 Å². The minimum absolute atomic E-state index is 0.270. The van der Waals surface area contributed by atoms with Crippen LogP contribution in [0.25, 0.3) is 0 Å². The number of hydrogen-bond donors (Lipinski definition) is 3. The number of anilines is 1. The van der Waals surface area contributed by atoms with Gasteiger partial charge in [0, 0.05) is 24.3 Å². The highest BCUT2D eigenvalue weighted by atomic mass is 16.3. The molecule has 0 radical (unpaired) electrons. The SMILES string of the molecule is CC(O)C1CCN(CC(O)c2ccccc2N)C1. The molecule has 0 saturated carbocycles. The van der Waals surface area contributed by atoms with Crippen molar-refractivity contribution in [3.05, 3.63) is 29.8 Å². The number of hydrogen-bond acceptors (Lipinski definition) is 4. The number of likely N-dealkylation sites (tertiary alicyclic amines) is 1. The van der Waals surface area contributed by atoms with E-state index in [0.717, 1.165) is 25.1 Å². The van der Waals surface area contributed by atoms with Crippen LogP contribution in [0.4, 0.5) is 5.69 Å². The number of benzene rings is 1. The Morgan fingerprint density at radius 1 is 1.39 bits per heavy atom. The summed E-state index contributed by atoms with van der Waals surface area (Å²) in [6, 6.07) is 7.42. The van der Waals surface area contributed by atoms with Crippen molar-refractivity contribution in [3.63, 3.8) is 0 Å². The minimum atomic E-state index is -0.557. The molecule has 4 nitrogen and oxygen atoms in total. The van der Waals surface area contributed by atoms with Crippen LogP contribution in [0.15, 0.2) is 24.3 Å². The summed E-state index contributed by atoms with van der Waals surface area (Å²) in [6.45, 7) is 4.19. The number of para-hydroxylation sites is 1. The van der Waals surface area contributed by atoms with Gasteiger partial charge in [0.2, 0.25) is 0 Å². The van der Waals surface area contributed by atoms with Crippen LogP contribution >= 0.6 is 0 Å². The number of nitrogens with zero attached hydrogens (tertiary/aromatic N) is 1. The van der Waals surface area contributed by atoms with Gasteiger partial charge >= 0.3 is 0 Å².